The van der Waals surface area contributed by atoms with E-state index in [0.717, 1.165) is 5.56 Å². The van der Waals surface area contributed by atoms with Crippen molar-refractivity contribution in [1.82, 2.24) is 0 Å². The van der Waals surface area contributed by atoms with E-state index >= 15 is 0 Å². The van der Waals surface area contributed by atoms with Crippen LogP contribution in [0.15, 0.2) is 99.9 Å². The van der Waals surface area contributed by atoms with E-state index in [1.165, 1.54) is 24.3 Å². The zero-order valence-corrected chi connectivity index (χ0v) is 34.7. The Bertz CT molecular complexity index is 2880. The molecular weight excluding hydrogens is 851 g/mol. The average Bonchev–Trinajstić information content (AvgIpc) is 3.24. The number of allylic oxidation sites excluding steroid dienone is 2. The molecule has 19 heteroatoms. The molecule has 330 valence electrons. The fourth-order valence-electron chi connectivity index (χ4n) is 10.9. The number of amides is 2. The SMILES string of the molecule is Cc1ccc([C@H]2c3ccc(NC(=O)C4=C(O)[C@@H](N)[C@@H]5C[C@H]6C(=C(O)[C@]5(O)C4=O)C(=O)c4c(O)cccc4[C@@H]6P)c(O)c3C(=O)C3=C(O)[C@]4(O)C(=O)C(C(N)=O)=C(O)[C@@H](N)[C@@H]4C[C@@H]32)cc1. The minimum atomic E-state index is -3.03. The number of phenols is 2. The van der Waals surface area contributed by atoms with Gasteiger partial charge < -0.3 is 63.4 Å². The number of aliphatic hydroxyl groups is 6. The number of primary amides is 1. The third-order valence-corrected chi connectivity index (χ3v) is 15.0. The van der Waals surface area contributed by atoms with Gasteiger partial charge >= 0.3 is 0 Å². The van der Waals surface area contributed by atoms with Crippen molar-refractivity contribution in [2.75, 3.05) is 5.32 Å². The first-order chi connectivity index (χ1) is 30.1. The zero-order valence-electron chi connectivity index (χ0n) is 33.6. The molecule has 0 saturated carbocycles. The Kier molecular flexibility index (Phi) is 9.42. The van der Waals surface area contributed by atoms with E-state index in [9.17, 15) is 69.6 Å². The Morgan fingerprint density at radius 1 is 0.703 bits per heavy atom. The number of phenolic OH excluding ortho intramolecular Hbond substituents is 2. The largest absolute Gasteiger partial charge is 0.510 e. The molecule has 64 heavy (non-hydrogen) atoms. The summed E-state index contributed by atoms with van der Waals surface area (Å²) in [5.41, 5.74) is 8.88. The number of nitrogens with two attached hydrogens (primary N) is 3. The van der Waals surface area contributed by atoms with Crippen LogP contribution in [-0.4, -0.2) is 99.1 Å². The van der Waals surface area contributed by atoms with Gasteiger partial charge in [0.15, 0.2) is 28.5 Å². The molecule has 0 aliphatic heterocycles. The van der Waals surface area contributed by atoms with E-state index < -0.39 is 162 Å². The molecule has 2 amide bonds. The zero-order chi connectivity index (χ0) is 46.4. The van der Waals surface area contributed by atoms with Crippen LogP contribution in [0.3, 0.4) is 0 Å². The molecule has 0 heterocycles. The second-order valence-corrected chi connectivity index (χ2v) is 18.0. The van der Waals surface area contributed by atoms with Crippen LogP contribution in [-0.2, 0) is 19.2 Å². The lowest BCUT2D eigenvalue weighted by Crippen LogP contribution is -2.63. The van der Waals surface area contributed by atoms with Crippen molar-refractivity contribution in [3.05, 3.63) is 133 Å². The number of Topliss-reactive ketones (excluding diaryl/α,β-unsaturated/α-hetero) is 4. The van der Waals surface area contributed by atoms with Gasteiger partial charge in [-0.05, 0) is 48.6 Å². The number of carbonyl (C=O) groups is 6. The monoisotopic (exact) mass is 892 g/mol. The maximum atomic E-state index is 14.7. The third kappa shape index (κ3) is 5.37. The lowest BCUT2D eigenvalue weighted by molar-refractivity contribution is -0.146. The summed E-state index contributed by atoms with van der Waals surface area (Å²) >= 11 is 0. The smallest absolute Gasteiger partial charge is 0.263 e. The number of rotatable bonds is 4. The van der Waals surface area contributed by atoms with Gasteiger partial charge in [-0.1, -0.05) is 48.0 Å². The van der Waals surface area contributed by atoms with Crippen LogP contribution in [0, 0.1) is 30.6 Å². The molecular formula is C45H41N4O14P. The maximum absolute atomic E-state index is 14.7. The normalized spacial score (nSPS) is 32.0. The summed E-state index contributed by atoms with van der Waals surface area (Å²) in [5, 5.41) is 94.5. The van der Waals surface area contributed by atoms with E-state index in [1.54, 1.807) is 30.3 Å². The molecule has 0 radical (unpaired) electrons. The topological polar surface area (TPSA) is 354 Å². The second kappa shape index (κ2) is 14.2. The molecule has 0 saturated heterocycles. The number of carbonyl (C=O) groups excluding carboxylic acids is 6. The van der Waals surface area contributed by atoms with Crippen molar-refractivity contribution in [3.8, 4) is 11.5 Å². The van der Waals surface area contributed by atoms with Gasteiger partial charge in [0.05, 0.1) is 28.9 Å². The van der Waals surface area contributed by atoms with Crippen LogP contribution in [0.1, 0.15) is 67.4 Å². The fraction of sp³-hybridized carbons (Fsp3) is 0.289. The molecule has 0 fully saturated rings. The molecule has 0 spiro atoms. The number of aliphatic hydroxyl groups excluding tert-OH is 4. The number of aromatic hydroxyl groups is 2. The number of ketones is 4. The third-order valence-electron chi connectivity index (χ3n) is 14.1. The first kappa shape index (κ1) is 42.6. The fourth-order valence-corrected chi connectivity index (χ4v) is 11.6. The Balaban J connectivity index is 1.13. The van der Waals surface area contributed by atoms with Crippen LogP contribution < -0.4 is 22.5 Å². The highest BCUT2D eigenvalue weighted by molar-refractivity contribution is 7.17. The summed E-state index contributed by atoms with van der Waals surface area (Å²) in [7, 11) is 2.51. The highest BCUT2D eigenvalue weighted by Crippen LogP contribution is 2.59. The van der Waals surface area contributed by atoms with Crippen molar-refractivity contribution in [2.45, 2.75) is 54.6 Å². The summed E-state index contributed by atoms with van der Waals surface area (Å²) < 4.78 is 0. The van der Waals surface area contributed by atoms with Crippen molar-refractivity contribution < 1.29 is 69.6 Å². The van der Waals surface area contributed by atoms with Gasteiger partial charge in [0, 0.05) is 46.4 Å². The first-order valence-corrected chi connectivity index (χ1v) is 20.8. The molecule has 18 nitrogen and oxygen atoms in total. The average molecular weight is 893 g/mol. The second-order valence-electron chi connectivity index (χ2n) is 17.2. The van der Waals surface area contributed by atoms with Gasteiger partial charge in [0.2, 0.25) is 11.6 Å². The van der Waals surface area contributed by atoms with Gasteiger partial charge in [-0.15, -0.1) is 9.24 Å². The molecule has 0 aromatic heterocycles. The molecule has 6 aliphatic carbocycles. The minimum Gasteiger partial charge on any atom is -0.510 e. The highest BCUT2D eigenvalue weighted by atomic mass is 31.0. The van der Waals surface area contributed by atoms with E-state index in [0.29, 0.717) is 11.1 Å². The number of hydrogen-bond donors (Lipinski definition) is 12. The minimum absolute atomic E-state index is 0.144. The summed E-state index contributed by atoms with van der Waals surface area (Å²) in [5.74, 6) is -19.3. The summed E-state index contributed by atoms with van der Waals surface area (Å²) in [6, 6.07) is 10.6. The predicted octanol–water partition coefficient (Wildman–Crippen LogP) is 1.77. The summed E-state index contributed by atoms with van der Waals surface area (Å²) in [4.78, 5) is 82.9. The number of aryl methyl sites for hydroxylation is 1. The van der Waals surface area contributed by atoms with Crippen LogP contribution >= 0.6 is 9.24 Å². The number of fused-ring (bicyclic) bond motifs is 6. The van der Waals surface area contributed by atoms with Gasteiger partial charge in [0.1, 0.15) is 39.9 Å². The number of hydrogen-bond acceptors (Lipinski definition) is 16. The van der Waals surface area contributed by atoms with Gasteiger partial charge in [-0.2, -0.15) is 0 Å². The van der Waals surface area contributed by atoms with E-state index in [2.05, 4.69) is 14.6 Å². The van der Waals surface area contributed by atoms with Crippen molar-refractivity contribution in [2.24, 2.45) is 40.9 Å². The molecule has 3 aromatic carbocycles. The first-order valence-electron chi connectivity index (χ1n) is 20.1. The molecule has 0 bridgehead atoms. The highest BCUT2D eigenvalue weighted by Gasteiger charge is 2.65. The molecule has 1 unspecified atom stereocenters. The molecule has 9 rings (SSSR count). The van der Waals surface area contributed by atoms with Crippen LogP contribution in [0.4, 0.5) is 5.69 Å². The number of benzene rings is 3. The van der Waals surface area contributed by atoms with E-state index in [1.807, 2.05) is 6.92 Å². The Morgan fingerprint density at radius 3 is 1.83 bits per heavy atom. The molecule has 3 aromatic rings. The summed E-state index contributed by atoms with van der Waals surface area (Å²) in [6.07, 6.45) is -0.548. The molecule has 11 atom stereocenters. The Hall–Kier alpha value is -6.69. The van der Waals surface area contributed by atoms with Crippen molar-refractivity contribution >= 4 is 49.9 Å². The molecule has 6 aliphatic rings. The molecule has 15 N–H and O–H groups in total. The maximum Gasteiger partial charge on any atom is 0.263 e. The van der Waals surface area contributed by atoms with Crippen LogP contribution in [0.25, 0.3) is 0 Å². The quantitative estimate of drug-likeness (QED) is 0.101. The van der Waals surface area contributed by atoms with E-state index in [-0.39, 0.29) is 24.0 Å². The van der Waals surface area contributed by atoms with Gasteiger partial charge in [0.25, 0.3) is 11.8 Å². The van der Waals surface area contributed by atoms with Crippen molar-refractivity contribution in [1.29, 1.82) is 0 Å². The Morgan fingerprint density at radius 2 is 1.23 bits per heavy atom. The summed E-state index contributed by atoms with van der Waals surface area (Å²) in [6.45, 7) is 1.82. The van der Waals surface area contributed by atoms with Crippen LogP contribution in [0.2, 0.25) is 0 Å². The number of anilines is 1. The van der Waals surface area contributed by atoms with E-state index in [4.69, 9.17) is 17.2 Å². The Labute approximate surface area is 364 Å². The lowest BCUT2D eigenvalue weighted by Gasteiger charge is -2.49. The van der Waals surface area contributed by atoms with Gasteiger partial charge in [-0.3, -0.25) is 28.8 Å². The van der Waals surface area contributed by atoms with Crippen LogP contribution in [0.5, 0.6) is 11.5 Å². The lowest BCUT2D eigenvalue weighted by atomic mass is 9.55. The van der Waals surface area contributed by atoms with Crippen molar-refractivity contribution in [3.63, 3.8) is 0 Å². The van der Waals surface area contributed by atoms with Gasteiger partial charge in [-0.25, -0.2) is 0 Å². The standard InChI is InChI=1S/C45H41N4O14P/c1-13-5-7-14(8-6-13)23-15-9-10-21(32(51)25(15)34(53)26-17(23)11-19-30(46)35(54)28(42(48)60)40(58)44(19,62)38(26)56)49-43(61)29-36(55)31(47)20-12-18-27(39(57)45(20,63)41(29)59)33(52)24-16(37(18)64)3-2-4-22(24)50/h2-10,17-20,23,30-31,37,50-51,54-57,62-63H,11-12,46-47,64H2,1H3,(H2,48,60)(H,49,61)/t17-,18+,19+,20+,23+,30+,31+,37+,44+,45+/m1/s1. The predicted molar refractivity (Wildman–Crippen MR) is 226 cm³/mol. The number of nitrogens with one attached hydrogen (secondary N) is 1.